The van der Waals surface area contributed by atoms with Gasteiger partial charge in [-0.2, -0.15) is 0 Å². The zero-order valence-electron chi connectivity index (χ0n) is 32.5. The van der Waals surface area contributed by atoms with E-state index in [0.29, 0.717) is 0 Å². The van der Waals surface area contributed by atoms with Gasteiger partial charge in [-0.1, -0.05) is 135 Å². The minimum Gasteiger partial charge on any atom is -0.310 e. The number of fused-ring (bicyclic) bond motifs is 7. The summed E-state index contributed by atoms with van der Waals surface area (Å²) in [6.45, 7) is 4.76. The van der Waals surface area contributed by atoms with Crippen molar-refractivity contribution in [3.8, 4) is 16.8 Å². The first kappa shape index (κ1) is 33.9. The minimum absolute atomic E-state index is 0.172. The van der Waals surface area contributed by atoms with Crippen LogP contribution in [0.2, 0.25) is 0 Å². The Labute approximate surface area is 339 Å². The fourth-order valence-electron chi connectivity index (χ4n) is 9.37. The fraction of sp³-hybridized carbons (Fsp3) is 0.0545. The van der Waals surface area contributed by atoms with E-state index >= 15 is 0 Å². The fourth-order valence-corrected chi connectivity index (χ4v) is 9.37. The Balaban J connectivity index is 1.23. The monoisotopic (exact) mass is 743 g/mol. The van der Waals surface area contributed by atoms with Crippen molar-refractivity contribution in [1.82, 2.24) is 4.57 Å². The standard InChI is InChI=1S/C55H41N3/c1-55(2)49-34-39-20-16-15-19-38(39)33-48(49)46-32-31-44(35-50(46)55)58-51-30-18-17-29-47(51)54-52(57(42-25-11-5-12-26-42)43-27-13-6-14-28-43)36-45(37-53(54)58)56(40-21-7-3-8-22-40)41-23-9-4-10-24-41/h3-37H,1-2H3. The molecule has 0 spiro atoms. The van der Waals surface area contributed by atoms with E-state index in [1.165, 1.54) is 49.3 Å². The number of para-hydroxylation sites is 5. The molecule has 1 aliphatic carbocycles. The van der Waals surface area contributed by atoms with Crippen molar-refractivity contribution in [3.63, 3.8) is 0 Å². The average Bonchev–Trinajstić information content (AvgIpc) is 3.72. The van der Waals surface area contributed by atoms with Crippen LogP contribution in [0.1, 0.15) is 25.0 Å². The molecule has 1 aromatic heterocycles. The summed E-state index contributed by atoms with van der Waals surface area (Å²) in [7, 11) is 0. The van der Waals surface area contributed by atoms with Gasteiger partial charge in [-0.25, -0.2) is 0 Å². The highest BCUT2D eigenvalue weighted by atomic mass is 15.2. The quantitative estimate of drug-likeness (QED) is 0.161. The van der Waals surface area contributed by atoms with Gasteiger partial charge in [0.25, 0.3) is 0 Å². The van der Waals surface area contributed by atoms with E-state index in [2.05, 4.69) is 241 Å². The van der Waals surface area contributed by atoms with E-state index in [-0.39, 0.29) is 5.41 Å². The lowest BCUT2D eigenvalue weighted by atomic mass is 9.81. The average molecular weight is 744 g/mol. The molecule has 1 heterocycles. The summed E-state index contributed by atoms with van der Waals surface area (Å²) in [5, 5.41) is 4.96. The molecular weight excluding hydrogens is 703 g/mol. The number of hydrogen-bond acceptors (Lipinski definition) is 2. The Morgan fingerprint density at radius 2 is 0.879 bits per heavy atom. The van der Waals surface area contributed by atoms with Crippen LogP contribution >= 0.6 is 0 Å². The number of hydrogen-bond donors (Lipinski definition) is 0. The Morgan fingerprint density at radius 1 is 0.379 bits per heavy atom. The van der Waals surface area contributed by atoms with Gasteiger partial charge in [-0.3, -0.25) is 0 Å². The van der Waals surface area contributed by atoms with Crippen molar-refractivity contribution >= 4 is 66.7 Å². The largest absolute Gasteiger partial charge is 0.310 e. The molecular formula is C55H41N3. The molecule has 58 heavy (non-hydrogen) atoms. The summed E-state index contributed by atoms with van der Waals surface area (Å²) in [6, 6.07) is 77.3. The van der Waals surface area contributed by atoms with Crippen molar-refractivity contribution < 1.29 is 0 Å². The molecule has 3 heteroatoms. The second-order valence-electron chi connectivity index (χ2n) is 15.8. The van der Waals surface area contributed by atoms with Crippen LogP contribution in [-0.2, 0) is 5.41 Å². The van der Waals surface area contributed by atoms with Gasteiger partial charge in [0, 0.05) is 44.6 Å². The molecule has 0 saturated carbocycles. The highest BCUT2D eigenvalue weighted by Gasteiger charge is 2.36. The van der Waals surface area contributed by atoms with Crippen LogP contribution in [0.5, 0.6) is 0 Å². The van der Waals surface area contributed by atoms with Crippen molar-refractivity contribution in [2.75, 3.05) is 9.80 Å². The van der Waals surface area contributed by atoms with Crippen molar-refractivity contribution in [1.29, 1.82) is 0 Å². The van der Waals surface area contributed by atoms with Crippen LogP contribution in [0.25, 0.3) is 49.4 Å². The van der Waals surface area contributed by atoms with E-state index in [9.17, 15) is 0 Å². The van der Waals surface area contributed by atoms with Gasteiger partial charge in [0.15, 0.2) is 0 Å². The van der Waals surface area contributed by atoms with Gasteiger partial charge >= 0.3 is 0 Å². The summed E-state index contributed by atoms with van der Waals surface area (Å²) < 4.78 is 2.50. The molecule has 0 N–H and O–H groups in total. The molecule has 9 aromatic carbocycles. The van der Waals surface area contributed by atoms with Crippen LogP contribution in [0.4, 0.5) is 34.1 Å². The van der Waals surface area contributed by atoms with Crippen LogP contribution in [0.3, 0.4) is 0 Å². The lowest BCUT2D eigenvalue weighted by Crippen LogP contribution is -2.15. The highest BCUT2D eigenvalue weighted by molar-refractivity contribution is 6.18. The topological polar surface area (TPSA) is 11.4 Å². The molecule has 3 nitrogen and oxygen atoms in total. The van der Waals surface area contributed by atoms with Gasteiger partial charge in [-0.05, 0) is 124 Å². The van der Waals surface area contributed by atoms with E-state index in [0.717, 1.165) is 45.3 Å². The third-order valence-corrected chi connectivity index (χ3v) is 12.1. The molecule has 0 radical (unpaired) electrons. The second kappa shape index (κ2) is 13.4. The second-order valence-corrected chi connectivity index (χ2v) is 15.8. The van der Waals surface area contributed by atoms with Crippen LogP contribution in [0.15, 0.2) is 212 Å². The van der Waals surface area contributed by atoms with E-state index in [4.69, 9.17) is 0 Å². The number of aromatic nitrogens is 1. The highest BCUT2D eigenvalue weighted by Crippen LogP contribution is 2.52. The maximum atomic E-state index is 2.50. The first-order valence-corrected chi connectivity index (χ1v) is 20.1. The van der Waals surface area contributed by atoms with E-state index in [1.54, 1.807) is 0 Å². The predicted octanol–water partition coefficient (Wildman–Crippen LogP) is 15.2. The smallest absolute Gasteiger partial charge is 0.0583 e. The summed E-state index contributed by atoms with van der Waals surface area (Å²) in [5.41, 5.74) is 15.2. The number of rotatable bonds is 7. The Morgan fingerprint density at radius 3 is 1.48 bits per heavy atom. The molecule has 276 valence electrons. The zero-order valence-corrected chi connectivity index (χ0v) is 32.5. The molecule has 0 aliphatic heterocycles. The number of benzene rings is 9. The van der Waals surface area contributed by atoms with Gasteiger partial charge in [0.2, 0.25) is 0 Å². The molecule has 0 fully saturated rings. The van der Waals surface area contributed by atoms with Crippen molar-refractivity contribution in [2.45, 2.75) is 19.3 Å². The van der Waals surface area contributed by atoms with Crippen LogP contribution in [0, 0.1) is 0 Å². The van der Waals surface area contributed by atoms with Crippen LogP contribution in [-0.4, -0.2) is 4.57 Å². The first-order valence-electron chi connectivity index (χ1n) is 20.1. The van der Waals surface area contributed by atoms with Gasteiger partial charge < -0.3 is 14.4 Å². The van der Waals surface area contributed by atoms with E-state index < -0.39 is 0 Å². The lowest BCUT2D eigenvalue weighted by molar-refractivity contribution is 0.660. The van der Waals surface area contributed by atoms with Crippen molar-refractivity contribution in [3.05, 3.63) is 223 Å². The molecule has 0 bridgehead atoms. The zero-order chi connectivity index (χ0) is 38.8. The number of nitrogens with zero attached hydrogens (tertiary/aromatic N) is 3. The summed E-state index contributed by atoms with van der Waals surface area (Å²) >= 11 is 0. The van der Waals surface area contributed by atoms with Gasteiger partial charge in [-0.15, -0.1) is 0 Å². The maximum Gasteiger partial charge on any atom is 0.0583 e. The van der Waals surface area contributed by atoms with Gasteiger partial charge in [0.05, 0.1) is 22.4 Å². The van der Waals surface area contributed by atoms with Crippen molar-refractivity contribution in [2.24, 2.45) is 0 Å². The predicted molar refractivity (Wildman–Crippen MR) is 245 cm³/mol. The summed E-state index contributed by atoms with van der Waals surface area (Å²) in [6.07, 6.45) is 0. The molecule has 0 unspecified atom stereocenters. The summed E-state index contributed by atoms with van der Waals surface area (Å²) in [5.74, 6) is 0. The molecule has 0 amide bonds. The van der Waals surface area contributed by atoms with Crippen LogP contribution < -0.4 is 9.80 Å². The molecule has 11 rings (SSSR count). The van der Waals surface area contributed by atoms with E-state index in [1.807, 2.05) is 0 Å². The third kappa shape index (κ3) is 5.35. The molecule has 0 saturated heterocycles. The van der Waals surface area contributed by atoms with Gasteiger partial charge in [0.1, 0.15) is 0 Å². The third-order valence-electron chi connectivity index (χ3n) is 12.1. The molecule has 1 aliphatic rings. The maximum absolute atomic E-state index is 2.50. The normalized spacial score (nSPS) is 12.8. The SMILES string of the molecule is CC1(C)c2cc(-n3c4ccccc4c4c(N(c5ccccc5)c5ccccc5)cc(N(c5ccccc5)c5ccccc5)cc43)ccc2-c2cc3ccccc3cc21. The lowest BCUT2D eigenvalue weighted by Gasteiger charge is -2.30. The molecule has 0 atom stereocenters. The Hall–Kier alpha value is -7.36. The first-order chi connectivity index (χ1) is 28.5. The molecule has 10 aromatic rings. The minimum atomic E-state index is -0.172. The summed E-state index contributed by atoms with van der Waals surface area (Å²) in [4.78, 5) is 4.80. The Kier molecular flexibility index (Phi) is 7.84. The number of anilines is 6. The Bertz CT molecular complexity index is 3050.